The maximum atomic E-state index is 16.4. The molecule has 0 radical (unpaired) electrons. The quantitative estimate of drug-likeness (QED) is 0.187. The number of pyridine rings is 1. The lowest BCUT2D eigenvalue weighted by Gasteiger charge is -2.14. The van der Waals surface area contributed by atoms with Gasteiger partial charge in [0.15, 0.2) is 5.78 Å². The summed E-state index contributed by atoms with van der Waals surface area (Å²) in [6.07, 6.45) is 4.92. The van der Waals surface area contributed by atoms with Crippen LogP contribution in [0.15, 0.2) is 71.4 Å². The summed E-state index contributed by atoms with van der Waals surface area (Å²) in [5, 5.41) is 2.40. The molecular weight excluding hydrogens is 569 g/mol. The van der Waals surface area contributed by atoms with Gasteiger partial charge in [0.05, 0.1) is 28.2 Å². The first kappa shape index (κ1) is 27.6. The molecule has 1 fully saturated rings. The fourth-order valence-electron chi connectivity index (χ4n) is 5.79. The Hall–Kier alpha value is -5.25. The van der Waals surface area contributed by atoms with E-state index in [0.717, 1.165) is 23.9 Å². The molecule has 1 amide bonds. The summed E-state index contributed by atoms with van der Waals surface area (Å²) in [5.41, 5.74) is 1.87. The van der Waals surface area contributed by atoms with E-state index in [9.17, 15) is 14.0 Å². The van der Waals surface area contributed by atoms with Crippen molar-refractivity contribution in [2.24, 2.45) is 0 Å². The van der Waals surface area contributed by atoms with E-state index in [1.807, 2.05) is 0 Å². The zero-order valence-electron chi connectivity index (χ0n) is 23.7. The van der Waals surface area contributed by atoms with E-state index in [-0.39, 0.29) is 56.8 Å². The van der Waals surface area contributed by atoms with Crippen LogP contribution in [-0.4, -0.2) is 33.7 Å². The molecule has 0 bridgehead atoms. The van der Waals surface area contributed by atoms with Crippen molar-refractivity contribution in [3.8, 4) is 22.5 Å². The molecule has 2 N–H and O–H groups in total. The van der Waals surface area contributed by atoms with Gasteiger partial charge in [-0.1, -0.05) is 0 Å². The lowest BCUT2D eigenvalue weighted by atomic mass is 9.90. The highest BCUT2D eigenvalue weighted by atomic mass is 19.1. The van der Waals surface area contributed by atoms with Gasteiger partial charge in [-0.3, -0.25) is 14.6 Å². The van der Waals surface area contributed by atoms with Gasteiger partial charge < -0.3 is 14.7 Å². The molecule has 1 aliphatic rings. The number of benzene rings is 3. The number of carbonyl (C=O) groups excluding carboxylic acids is 2. The van der Waals surface area contributed by atoms with E-state index in [1.165, 1.54) is 62.5 Å². The van der Waals surface area contributed by atoms with E-state index in [1.54, 1.807) is 18.5 Å². The second kappa shape index (κ2) is 10.2. The van der Waals surface area contributed by atoms with Crippen LogP contribution in [0.25, 0.3) is 44.5 Å². The molecule has 7 rings (SSSR count). The van der Waals surface area contributed by atoms with E-state index >= 15 is 8.78 Å². The Morgan fingerprint density at radius 1 is 1.02 bits per heavy atom. The van der Waals surface area contributed by atoms with Crippen LogP contribution in [0.4, 0.5) is 13.2 Å². The molecule has 7 nitrogen and oxygen atoms in total. The maximum Gasteiger partial charge on any atom is 0.255 e. The van der Waals surface area contributed by atoms with Crippen LogP contribution < -0.4 is 5.32 Å². The van der Waals surface area contributed by atoms with Gasteiger partial charge in [-0.2, -0.15) is 0 Å². The number of rotatable bonds is 7. The Morgan fingerprint density at radius 2 is 1.80 bits per heavy atom. The molecular formula is C34H25F3N4O3. The normalized spacial score (nSPS) is 13.8. The average molecular weight is 595 g/mol. The highest BCUT2D eigenvalue weighted by Gasteiger charge is 2.48. The number of nitrogens with zero attached hydrogens (tertiary/aromatic N) is 2. The largest absolute Gasteiger partial charge is 0.455 e. The standard InChI is InChI=1S/C34H25F3N4O3/c1-17-22(13-19(14-23(17)36)26(42)15-34(10-11-34)33-40-24-9-12-39-16-25(24)41-33)21-7-8-27-28(30(21)37)29(32(43)38-2)31(44-27)18-3-5-20(35)6-4-18/h3-9,12-14,16H,10-11,15H2,1-2H3,(H,38,43)(H,40,41). The number of imidazole rings is 1. The minimum Gasteiger partial charge on any atom is -0.455 e. The Kier molecular flexibility index (Phi) is 6.38. The van der Waals surface area contributed by atoms with Gasteiger partial charge in [0, 0.05) is 41.8 Å². The Morgan fingerprint density at radius 3 is 2.50 bits per heavy atom. The molecule has 0 spiro atoms. The minimum absolute atomic E-state index is 0.00563. The van der Waals surface area contributed by atoms with Crippen LogP contribution >= 0.6 is 0 Å². The van der Waals surface area contributed by atoms with Gasteiger partial charge in [-0.15, -0.1) is 0 Å². The van der Waals surface area contributed by atoms with Crippen LogP contribution in [0, 0.1) is 24.4 Å². The molecule has 220 valence electrons. The molecule has 0 aliphatic heterocycles. The van der Waals surface area contributed by atoms with Crippen molar-refractivity contribution in [1.82, 2.24) is 20.3 Å². The zero-order valence-corrected chi connectivity index (χ0v) is 23.7. The van der Waals surface area contributed by atoms with Gasteiger partial charge in [0.25, 0.3) is 5.91 Å². The first-order valence-electron chi connectivity index (χ1n) is 14.1. The number of carbonyl (C=O) groups is 2. The predicted octanol–water partition coefficient (Wildman–Crippen LogP) is 7.43. The summed E-state index contributed by atoms with van der Waals surface area (Å²) >= 11 is 0. The second-order valence-electron chi connectivity index (χ2n) is 11.2. The average Bonchev–Trinajstić information content (AvgIpc) is 3.49. The van der Waals surface area contributed by atoms with Gasteiger partial charge in [0.1, 0.15) is 34.6 Å². The summed E-state index contributed by atoms with van der Waals surface area (Å²) in [6, 6.07) is 12.7. The fourth-order valence-corrected chi connectivity index (χ4v) is 5.79. The molecule has 1 saturated carbocycles. The van der Waals surface area contributed by atoms with E-state index in [4.69, 9.17) is 4.42 Å². The number of hydrogen-bond acceptors (Lipinski definition) is 5. The zero-order chi connectivity index (χ0) is 30.7. The number of Topliss-reactive ketones (excluding diaryl/α,β-unsaturated/α-hetero) is 1. The number of amides is 1. The van der Waals surface area contributed by atoms with Crippen molar-refractivity contribution in [3.05, 3.63) is 107 Å². The Labute approximate surface area is 249 Å². The van der Waals surface area contributed by atoms with Gasteiger partial charge >= 0.3 is 0 Å². The Balaban J connectivity index is 1.30. The van der Waals surface area contributed by atoms with Crippen molar-refractivity contribution in [1.29, 1.82) is 0 Å². The van der Waals surface area contributed by atoms with Crippen LogP contribution in [0.2, 0.25) is 0 Å². The third-order valence-corrected chi connectivity index (χ3v) is 8.45. The lowest BCUT2D eigenvalue weighted by molar-refractivity contribution is 0.0958. The van der Waals surface area contributed by atoms with Crippen LogP contribution in [0.5, 0.6) is 0 Å². The number of nitrogens with one attached hydrogen (secondary N) is 2. The molecule has 0 unspecified atom stereocenters. The second-order valence-corrected chi connectivity index (χ2v) is 11.2. The molecule has 10 heteroatoms. The lowest BCUT2D eigenvalue weighted by Crippen LogP contribution is -2.18. The number of furan rings is 1. The summed E-state index contributed by atoms with van der Waals surface area (Å²) in [5.74, 6) is -2.09. The Bertz CT molecular complexity index is 2100. The third kappa shape index (κ3) is 4.45. The highest BCUT2D eigenvalue weighted by Crippen LogP contribution is 2.51. The molecule has 3 aromatic carbocycles. The molecule has 6 aromatic rings. The number of aromatic nitrogens is 3. The minimum atomic E-state index is -0.806. The van der Waals surface area contributed by atoms with Crippen molar-refractivity contribution in [3.63, 3.8) is 0 Å². The van der Waals surface area contributed by atoms with Crippen LogP contribution in [0.1, 0.15) is 51.4 Å². The molecule has 44 heavy (non-hydrogen) atoms. The number of hydrogen-bond donors (Lipinski definition) is 2. The van der Waals surface area contributed by atoms with Gasteiger partial charge in [-0.25, -0.2) is 18.2 Å². The molecule has 0 saturated heterocycles. The SMILES string of the molecule is CNC(=O)c1c(-c2ccc(F)cc2)oc2ccc(-c3cc(C(=O)CC4(c5nc6ccncc6[nH]5)CC4)cc(F)c3C)c(F)c12. The molecule has 1 aliphatic carbocycles. The first-order chi connectivity index (χ1) is 21.2. The van der Waals surface area contributed by atoms with E-state index in [2.05, 4.69) is 20.3 Å². The highest BCUT2D eigenvalue weighted by molar-refractivity contribution is 6.12. The summed E-state index contributed by atoms with van der Waals surface area (Å²) in [7, 11) is 1.40. The summed E-state index contributed by atoms with van der Waals surface area (Å²) in [4.78, 5) is 38.6. The van der Waals surface area contributed by atoms with Crippen molar-refractivity contribution in [2.45, 2.75) is 31.6 Å². The number of ketones is 1. The van der Waals surface area contributed by atoms with E-state index in [0.29, 0.717) is 11.4 Å². The van der Waals surface area contributed by atoms with Crippen LogP contribution in [-0.2, 0) is 5.41 Å². The van der Waals surface area contributed by atoms with Crippen molar-refractivity contribution < 1.29 is 27.2 Å². The molecule has 3 heterocycles. The number of aromatic amines is 1. The maximum absolute atomic E-state index is 16.4. The van der Waals surface area contributed by atoms with Gasteiger partial charge in [-0.05, 0) is 85.5 Å². The monoisotopic (exact) mass is 594 g/mol. The summed E-state index contributed by atoms with van der Waals surface area (Å²) in [6.45, 7) is 1.51. The van der Waals surface area contributed by atoms with Crippen molar-refractivity contribution in [2.75, 3.05) is 7.05 Å². The number of fused-ring (bicyclic) bond motifs is 2. The first-order valence-corrected chi connectivity index (χ1v) is 14.1. The third-order valence-electron chi connectivity index (χ3n) is 8.45. The molecule has 3 aromatic heterocycles. The smallest absolute Gasteiger partial charge is 0.255 e. The topological polar surface area (TPSA) is 101 Å². The fraction of sp³-hybridized carbons (Fsp3) is 0.176. The molecule has 0 atom stereocenters. The predicted molar refractivity (Wildman–Crippen MR) is 159 cm³/mol. The number of halogens is 3. The van der Waals surface area contributed by atoms with Crippen LogP contribution in [0.3, 0.4) is 0 Å². The summed E-state index contributed by atoms with van der Waals surface area (Å²) < 4.78 is 51.3. The van der Waals surface area contributed by atoms with Crippen molar-refractivity contribution >= 4 is 33.7 Å². The van der Waals surface area contributed by atoms with E-state index < -0.39 is 28.8 Å². The number of H-pyrrole nitrogens is 1. The van der Waals surface area contributed by atoms with Gasteiger partial charge in [0.2, 0.25) is 0 Å².